The predicted molar refractivity (Wildman–Crippen MR) is 50.1 cm³/mol. The van der Waals surface area contributed by atoms with E-state index in [0.29, 0.717) is 0 Å². The summed E-state index contributed by atoms with van der Waals surface area (Å²) in [6.45, 7) is 5.19. The fourth-order valence-corrected chi connectivity index (χ4v) is 2.67. The first-order chi connectivity index (χ1) is 5.35. The summed E-state index contributed by atoms with van der Waals surface area (Å²) in [5.74, 6) is 0. The molecule has 0 rings (SSSR count). The maximum absolute atomic E-state index is 5.56. The average Bonchev–Trinajstić information content (AvgIpc) is 2.05. The van der Waals surface area contributed by atoms with E-state index in [1.807, 2.05) is 0 Å². The molecule has 0 fully saturated rings. The third kappa shape index (κ3) is 6.53. The van der Waals surface area contributed by atoms with Crippen molar-refractivity contribution in [2.75, 3.05) is 13.7 Å². The van der Waals surface area contributed by atoms with E-state index < -0.39 is 9.28 Å². The molecule has 3 heteroatoms. The molecule has 0 aliphatic rings. The van der Waals surface area contributed by atoms with Gasteiger partial charge in [-0.25, -0.2) is 0 Å². The van der Waals surface area contributed by atoms with Crippen molar-refractivity contribution in [3.8, 4) is 0 Å². The Hall–Kier alpha value is 0.137. The van der Waals surface area contributed by atoms with Gasteiger partial charge < -0.3 is 8.85 Å². The van der Waals surface area contributed by atoms with Crippen LogP contribution in [0.1, 0.15) is 33.1 Å². The summed E-state index contributed by atoms with van der Waals surface area (Å²) in [7, 11) is 0.518. The van der Waals surface area contributed by atoms with Crippen molar-refractivity contribution in [3.63, 3.8) is 0 Å². The van der Waals surface area contributed by atoms with Crippen molar-refractivity contribution < 1.29 is 8.85 Å². The summed E-state index contributed by atoms with van der Waals surface area (Å²) in [5.41, 5.74) is 0. The van der Waals surface area contributed by atoms with E-state index in [-0.39, 0.29) is 0 Å². The lowest BCUT2D eigenvalue weighted by Crippen LogP contribution is -2.21. The summed E-state index contributed by atoms with van der Waals surface area (Å²) in [4.78, 5) is 0. The lowest BCUT2D eigenvalue weighted by molar-refractivity contribution is 0.228. The molecule has 0 aliphatic heterocycles. The Bertz CT molecular complexity index is 70.5. The van der Waals surface area contributed by atoms with Gasteiger partial charge in [-0.2, -0.15) is 0 Å². The summed E-state index contributed by atoms with van der Waals surface area (Å²) >= 11 is 0. The van der Waals surface area contributed by atoms with Gasteiger partial charge in [0.05, 0.1) is 0 Å². The topological polar surface area (TPSA) is 18.5 Å². The molecule has 0 amide bonds. The number of hydrogen-bond acceptors (Lipinski definition) is 2. The van der Waals surface area contributed by atoms with Crippen LogP contribution >= 0.6 is 0 Å². The molecule has 0 aromatic carbocycles. The molecule has 0 aromatic heterocycles. The van der Waals surface area contributed by atoms with Crippen LogP contribution in [0.25, 0.3) is 0 Å². The van der Waals surface area contributed by atoms with E-state index in [1.165, 1.54) is 12.8 Å². The van der Waals surface area contributed by atoms with Crippen LogP contribution in [0.15, 0.2) is 0 Å². The Morgan fingerprint density at radius 2 is 1.91 bits per heavy atom. The van der Waals surface area contributed by atoms with Gasteiger partial charge in [0.15, 0.2) is 0 Å². The van der Waals surface area contributed by atoms with Crippen LogP contribution in [0.2, 0.25) is 6.04 Å². The van der Waals surface area contributed by atoms with Crippen LogP contribution in [-0.4, -0.2) is 23.0 Å². The first-order valence-corrected chi connectivity index (χ1v) is 6.25. The van der Waals surface area contributed by atoms with Crippen molar-refractivity contribution in [2.45, 2.75) is 39.2 Å². The molecule has 2 nitrogen and oxygen atoms in total. The quantitative estimate of drug-likeness (QED) is 0.553. The van der Waals surface area contributed by atoms with Crippen LogP contribution in [0.3, 0.4) is 0 Å². The highest BCUT2D eigenvalue weighted by molar-refractivity contribution is 6.44. The van der Waals surface area contributed by atoms with Gasteiger partial charge in [-0.1, -0.05) is 26.7 Å². The molecule has 0 N–H and O–H groups in total. The van der Waals surface area contributed by atoms with Crippen LogP contribution in [0.4, 0.5) is 0 Å². The monoisotopic (exact) mass is 176 g/mol. The zero-order valence-electron chi connectivity index (χ0n) is 7.93. The van der Waals surface area contributed by atoms with E-state index in [9.17, 15) is 0 Å². The van der Waals surface area contributed by atoms with Crippen molar-refractivity contribution in [2.24, 2.45) is 0 Å². The molecule has 11 heavy (non-hydrogen) atoms. The average molecular weight is 176 g/mol. The van der Waals surface area contributed by atoms with Gasteiger partial charge in [-0.15, -0.1) is 0 Å². The standard InChI is InChI=1S/C8H20O2Si/c1-4-6-8-11(9-3)10-7-5-2/h11H,4-8H2,1-3H3. The largest absolute Gasteiger partial charge is 0.400 e. The van der Waals surface area contributed by atoms with E-state index >= 15 is 0 Å². The van der Waals surface area contributed by atoms with Crippen molar-refractivity contribution in [1.82, 2.24) is 0 Å². The van der Waals surface area contributed by atoms with Gasteiger partial charge in [-0.3, -0.25) is 0 Å². The second-order valence-electron chi connectivity index (χ2n) is 2.68. The van der Waals surface area contributed by atoms with E-state index in [0.717, 1.165) is 19.1 Å². The van der Waals surface area contributed by atoms with Crippen LogP contribution in [0.5, 0.6) is 0 Å². The molecule has 68 valence electrons. The van der Waals surface area contributed by atoms with Crippen LogP contribution in [-0.2, 0) is 8.85 Å². The van der Waals surface area contributed by atoms with Gasteiger partial charge >= 0.3 is 9.28 Å². The third-order valence-electron chi connectivity index (χ3n) is 1.56. The fraction of sp³-hybridized carbons (Fsp3) is 1.00. The molecule has 0 radical (unpaired) electrons. The smallest absolute Gasteiger partial charge is 0.321 e. The van der Waals surface area contributed by atoms with Gasteiger partial charge in [0.1, 0.15) is 0 Å². The Labute approximate surface area is 71.7 Å². The predicted octanol–water partition coefficient (Wildman–Crippen LogP) is 2.08. The number of rotatable bonds is 7. The Kier molecular flexibility index (Phi) is 8.34. The fourth-order valence-electron chi connectivity index (χ4n) is 0.889. The molecule has 0 heterocycles. The normalized spacial score (nSPS) is 13.4. The zero-order chi connectivity index (χ0) is 8.53. The molecule has 0 aliphatic carbocycles. The molecule has 0 saturated carbocycles. The molecule has 0 spiro atoms. The molecule has 1 atom stereocenters. The summed E-state index contributed by atoms with van der Waals surface area (Å²) < 4.78 is 10.8. The summed E-state index contributed by atoms with van der Waals surface area (Å²) in [6.07, 6.45) is 3.58. The Morgan fingerprint density at radius 3 is 2.36 bits per heavy atom. The minimum atomic E-state index is -1.25. The maximum atomic E-state index is 5.56. The molecular weight excluding hydrogens is 156 g/mol. The zero-order valence-corrected chi connectivity index (χ0v) is 9.08. The highest BCUT2D eigenvalue weighted by Crippen LogP contribution is 2.03. The van der Waals surface area contributed by atoms with E-state index in [1.54, 1.807) is 7.11 Å². The first-order valence-electron chi connectivity index (χ1n) is 4.49. The van der Waals surface area contributed by atoms with Crippen molar-refractivity contribution in [1.29, 1.82) is 0 Å². The van der Waals surface area contributed by atoms with Gasteiger partial charge in [-0.05, 0) is 12.5 Å². The molecule has 1 unspecified atom stereocenters. The minimum absolute atomic E-state index is 0.869. The molecular formula is C8H20O2Si. The second-order valence-corrected chi connectivity index (χ2v) is 4.92. The second kappa shape index (κ2) is 8.24. The van der Waals surface area contributed by atoms with E-state index in [4.69, 9.17) is 8.85 Å². The van der Waals surface area contributed by atoms with Crippen molar-refractivity contribution in [3.05, 3.63) is 0 Å². The Balaban J connectivity index is 3.25. The number of unbranched alkanes of at least 4 members (excludes halogenated alkanes) is 1. The highest BCUT2D eigenvalue weighted by atomic mass is 28.3. The SMILES string of the molecule is CCCC[SiH](OC)OCCC. The minimum Gasteiger partial charge on any atom is -0.400 e. The molecule has 0 saturated heterocycles. The van der Waals surface area contributed by atoms with Gasteiger partial charge in [0, 0.05) is 13.7 Å². The highest BCUT2D eigenvalue weighted by Gasteiger charge is 2.08. The molecule has 0 bridgehead atoms. The Morgan fingerprint density at radius 1 is 1.18 bits per heavy atom. The first kappa shape index (κ1) is 11.1. The van der Waals surface area contributed by atoms with Gasteiger partial charge in [0.25, 0.3) is 0 Å². The lowest BCUT2D eigenvalue weighted by atomic mass is 10.4. The van der Waals surface area contributed by atoms with Crippen LogP contribution < -0.4 is 0 Å². The van der Waals surface area contributed by atoms with Crippen molar-refractivity contribution >= 4 is 9.28 Å². The summed E-state index contributed by atoms with van der Waals surface area (Å²) in [5, 5.41) is 0. The number of hydrogen-bond donors (Lipinski definition) is 0. The van der Waals surface area contributed by atoms with E-state index in [2.05, 4.69) is 13.8 Å². The molecule has 0 aromatic rings. The maximum Gasteiger partial charge on any atom is 0.321 e. The van der Waals surface area contributed by atoms with Gasteiger partial charge in [0.2, 0.25) is 0 Å². The summed E-state index contributed by atoms with van der Waals surface area (Å²) in [6, 6.07) is 1.16. The van der Waals surface area contributed by atoms with Crippen LogP contribution in [0, 0.1) is 0 Å². The lowest BCUT2D eigenvalue weighted by Gasteiger charge is -2.12. The third-order valence-corrected chi connectivity index (χ3v) is 3.58.